The molecule has 3 aromatic rings. The van der Waals surface area contributed by atoms with E-state index in [0.29, 0.717) is 12.1 Å². The maximum atomic E-state index is 13.7. The fourth-order valence-electron chi connectivity index (χ4n) is 2.20. The van der Waals surface area contributed by atoms with E-state index in [-0.39, 0.29) is 5.82 Å². The summed E-state index contributed by atoms with van der Waals surface area (Å²) in [5, 5.41) is 5.58. The van der Waals surface area contributed by atoms with Crippen molar-refractivity contribution in [2.45, 2.75) is 6.54 Å². The quantitative estimate of drug-likeness (QED) is 0.550. The molecule has 0 aromatic heterocycles. The van der Waals surface area contributed by atoms with E-state index in [1.54, 1.807) is 12.1 Å². The first-order valence-electron chi connectivity index (χ1n) is 6.49. The highest BCUT2D eigenvalue weighted by atomic mass is 79.9. The van der Waals surface area contributed by atoms with Crippen molar-refractivity contribution in [1.82, 2.24) is 0 Å². The number of benzene rings is 3. The van der Waals surface area contributed by atoms with Gasteiger partial charge in [-0.2, -0.15) is 0 Å². The summed E-state index contributed by atoms with van der Waals surface area (Å²) in [6.45, 7) is 0.452. The number of nitrogens with one attached hydrogen (secondary N) is 1. The van der Waals surface area contributed by atoms with Gasteiger partial charge in [0, 0.05) is 26.7 Å². The molecule has 106 valence electrons. The van der Waals surface area contributed by atoms with Gasteiger partial charge in [0.05, 0.1) is 0 Å². The predicted molar refractivity (Wildman–Crippen MR) is 93.1 cm³/mol. The highest BCUT2D eigenvalue weighted by Gasteiger charge is 2.03. The normalized spacial score (nSPS) is 10.8. The lowest BCUT2D eigenvalue weighted by molar-refractivity contribution is 0.612. The van der Waals surface area contributed by atoms with Crippen molar-refractivity contribution in [2.24, 2.45) is 0 Å². The highest BCUT2D eigenvalue weighted by Crippen LogP contribution is 2.24. The van der Waals surface area contributed by atoms with Gasteiger partial charge in [-0.1, -0.05) is 44.0 Å². The summed E-state index contributed by atoms with van der Waals surface area (Å²) in [5.41, 5.74) is 1.62. The second-order valence-corrected chi connectivity index (χ2v) is 6.63. The Morgan fingerprint density at radius 2 is 1.48 bits per heavy atom. The molecule has 0 amide bonds. The van der Waals surface area contributed by atoms with Crippen molar-refractivity contribution in [2.75, 3.05) is 5.32 Å². The molecule has 0 spiro atoms. The maximum Gasteiger partial charge on any atom is 0.128 e. The third-order valence-corrected chi connectivity index (χ3v) is 4.28. The molecule has 21 heavy (non-hydrogen) atoms. The van der Waals surface area contributed by atoms with Crippen LogP contribution in [-0.4, -0.2) is 0 Å². The zero-order chi connectivity index (χ0) is 14.8. The first kappa shape index (κ1) is 14.5. The van der Waals surface area contributed by atoms with E-state index < -0.39 is 0 Å². The van der Waals surface area contributed by atoms with Crippen LogP contribution in [0.3, 0.4) is 0 Å². The van der Waals surface area contributed by atoms with Gasteiger partial charge in [0.25, 0.3) is 0 Å². The largest absolute Gasteiger partial charge is 0.381 e. The average Bonchev–Trinajstić information content (AvgIpc) is 2.48. The molecule has 0 saturated heterocycles. The third kappa shape index (κ3) is 3.44. The van der Waals surface area contributed by atoms with Crippen LogP contribution in [0.25, 0.3) is 10.8 Å². The SMILES string of the molecule is Fc1ccc(Br)cc1CNc1ccc2cc(Br)ccc2c1. The first-order chi connectivity index (χ1) is 10.1. The van der Waals surface area contributed by atoms with Crippen LogP contribution in [0, 0.1) is 5.82 Å². The fraction of sp³-hybridized carbons (Fsp3) is 0.0588. The van der Waals surface area contributed by atoms with E-state index in [4.69, 9.17) is 0 Å². The van der Waals surface area contributed by atoms with Gasteiger partial charge >= 0.3 is 0 Å². The molecule has 3 rings (SSSR count). The molecule has 1 nitrogen and oxygen atoms in total. The van der Waals surface area contributed by atoms with Crippen LogP contribution in [-0.2, 0) is 6.54 Å². The average molecular weight is 409 g/mol. The fourth-order valence-corrected chi connectivity index (χ4v) is 2.99. The molecule has 0 aliphatic heterocycles. The Bertz CT molecular complexity index is 802. The Kier molecular flexibility index (Phi) is 4.27. The number of rotatable bonds is 3. The molecule has 4 heteroatoms. The molecule has 0 aliphatic carbocycles. The lowest BCUT2D eigenvalue weighted by Crippen LogP contribution is -2.01. The smallest absolute Gasteiger partial charge is 0.128 e. The second kappa shape index (κ2) is 6.16. The second-order valence-electron chi connectivity index (χ2n) is 4.80. The van der Waals surface area contributed by atoms with E-state index >= 15 is 0 Å². The molecule has 0 saturated carbocycles. The van der Waals surface area contributed by atoms with Gasteiger partial charge in [-0.3, -0.25) is 0 Å². The van der Waals surface area contributed by atoms with Crippen molar-refractivity contribution in [1.29, 1.82) is 0 Å². The summed E-state index contributed by atoms with van der Waals surface area (Å²) in [4.78, 5) is 0. The van der Waals surface area contributed by atoms with Crippen molar-refractivity contribution in [3.8, 4) is 0 Å². The summed E-state index contributed by atoms with van der Waals surface area (Å²) in [6.07, 6.45) is 0. The minimum atomic E-state index is -0.199. The van der Waals surface area contributed by atoms with Gasteiger partial charge in [0.2, 0.25) is 0 Å². The summed E-state index contributed by atoms with van der Waals surface area (Å²) >= 11 is 6.83. The topological polar surface area (TPSA) is 12.0 Å². The van der Waals surface area contributed by atoms with Gasteiger partial charge in [0.1, 0.15) is 5.82 Å². The van der Waals surface area contributed by atoms with Crippen LogP contribution in [0.2, 0.25) is 0 Å². The standard InChI is InChI=1S/C17H12Br2FN/c18-14-3-1-12-9-16(5-2-11(12)7-14)21-10-13-8-15(19)4-6-17(13)20/h1-9,21H,10H2. The van der Waals surface area contributed by atoms with Crippen molar-refractivity contribution in [3.63, 3.8) is 0 Å². The van der Waals surface area contributed by atoms with E-state index in [1.807, 2.05) is 12.1 Å². The Morgan fingerprint density at radius 3 is 2.33 bits per heavy atom. The van der Waals surface area contributed by atoms with Gasteiger partial charge in [0.15, 0.2) is 0 Å². The molecule has 0 fully saturated rings. The molecule has 3 aromatic carbocycles. The number of anilines is 1. The molecule has 0 radical (unpaired) electrons. The highest BCUT2D eigenvalue weighted by molar-refractivity contribution is 9.10. The van der Waals surface area contributed by atoms with Crippen LogP contribution < -0.4 is 5.32 Å². The van der Waals surface area contributed by atoms with Crippen molar-refractivity contribution in [3.05, 3.63) is 74.9 Å². The monoisotopic (exact) mass is 407 g/mol. The third-order valence-electron chi connectivity index (χ3n) is 3.29. The molecule has 0 bridgehead atoms. The number of hydrogen-bond acceptors (Lipinski definition) is 1. The maximum absolute atomic E-state index is 13.7. The molecule has 0 unspecified atom stereocenters. The van der Waals surface area contributed by atoms with Crippen LogP contribution in [0.15, 0.2) is 63.5 Å². The predicted octanol–water partition coefficient (Wildman–Crippen LogP) is 6.12. The van der Waals surface area contributed by atoms with E-state index in [9.17, 15) is 4.39 Å². The van der Waals surface area contributed by atoms with Crippen LogP contribution in [0.4, 0.5) is 10.1 Å². The van der Waals surface area contributed by atoms with E-state index in [0.717, 1.165) is 20.0 Å². The van der Waals surface area contributed by atoms with Crippen molar-refractivity contribution < 1.29 is 4.39 Å². The minimum absolute atomic E-state index is 0.199. The van der Waals surface area contributed by atoms with Crippen LogP contribution in [0.1, 0.15) is 5.56 Å². The number of fused-ring (bicyclic) bond motifs is 1. The molecular weight excluding hydrogens is 397 g/mol. The zero-order valence-electron chi connectivity index (χ0n) is 11.0. The van der Waals surface area contributed by atoms with Gasteiger partial charge in [-0.05, 0) is 53.2 Å². The minimum Gasteiger partial charge on any atom is -0.381 e. The first-order valence-corrected chi connectivity index (χ1v) is 8.07. The van der Waals surface area contributed by atoms with Gasteiger partial charge in [-0.15, -0.1) is 0 Å². The summed E-state index contributed by atoms with van der Waals surface area (Å²) in [7, 11) is 0. The van der Waals surface area contributed by atoms with Crippen LogP contribution >= 0.6 is 31.9 Å². The molecule has 1 N–H and O–H groups in total. The Morgan fingerprint density at radius 1 is 0.810 bits per heavy atom. The number of halogens is 3. The van der Waals surface area contributed by atoms with Crippen LogP contribution in [0.5, 0.6) is 0 Å². The zero-order valence-corrected chi connectivity index (χ0v) is 14.2. The lowest BCUT2D eigenvalue weighted by Gasteiger charge is -2.09. The Labute approximate surface area is 139 Å². The van der Waals surface area contributed by atoms with Gasteiger partial charge in [-0.25, -0.2) is 4.39 Å². The summed E-state index contributed by atoms with van der Waals surface area (Å²) in [6, 6.07) is 17.2. The Hall–Kier alpha value is -1.39. The molecule has 0 atom stereocenters. The number of hydrogen-bond donors (Lipinski definition) is 1. The Balaban J connectivity index is 1.82. The summed E-state index contributed by atoms with van der Waals surface area (Å²) in [5.74, 6) is -0.199. The molecule has 0 heterocycles. The van der Waals surface area contributed by atoms with E-state index in [2.05, 4.69) is 61.4 Å². The molecule has 0 aliphatic rings. The van der Waals surface area contributed by atoms with E-state index in [1.165, 1.54) is 11.5 Å². The van der Waals surface area contributed by atoms with Crippen molar-refractivity contribution >= 4 is 48.3 Å². The molecular formula is C17H12Br2FN. The summed E-state index contributed by atoms with van der Waals surface area (Å²) < 4.78 is 15.6. The van der Waals surface area contributed by atoms with Gasteiger partial charge < -0.3 is 5.32 Å². The lowest BCUT2D eigenvalue weighted by atomic mass is 10.1.